The fourth-order valence-electron chi connectivity index (χ4n) is 2.33. The van der Waals surface area contributed by atoms with Gasteiger partial charge in [0.25, 0.3) is 0 Å². The molecule has 2 N–H and O–H groups in total. The number of hydrogen-bond donors (Lipinski definition) is 1. The zero-order chi connectivity index (χ0) is 11.4. The Labute approximate surface area is 99.6 Å². The summed E-state index contributed by atoms with van der Waals surface area (Å²) in [6, 6.07) is 3.69. The van der Waals surface area contributed by atoms with Crippen LogP contribution in [0.2, 0.25) is 0 Å². The maximum atomic E-state index is 12.0. The van der Waals surface area contributed by atoms with Crippen molar-refractivity contribution in [2.75, 3.05) is 5.75 Å². The molecule has 1 heterocycles. The van der Waals surface area contributed by atoms with Crippen molar-refractivity contribution in [2.45, 2.75) is 43.4 Å². The Morgan fingerprint density at radius 3 is 2.75 bits per heavy atom. The molecule has 1 aromatic heterocycles. The standard InChI is InChI=1S/C12H19NO2S/c13-12(6-2-1-3-7-12)10-16(14)9-11-5-4-8-15-11/h4-5,8H,1-3,6-7,9-10,13H2. The first-order chi connectivity index (χ1) is 7.68. The average molecular weight is 241 g/mol. The monoisotopic (exact) mass is 241 g/mol. The molecule has 0 aromatic carbocycles. The molecule has 1 aromatic rings. The van der Waals surface area contributed by atoms with E-state index in [1.807, 2.05) is 12.1 Å². The summed E-state index contributed by atoms with van der Waals surface area (Å²) in [5, 5.41) is 0. The van der Waals surface area contributed by atoms with Gasteiger partial charge in [0.1, 0.15) is 5.75 Å². The molecule has 1 atom stereocenters. The first kappa shape index (κ1) is 12.0. The highest BCUT2D eigenvalue weighted by atomic mass is 32.2. The fourth-order valence-corrected chi connectivity index (χ4v) is 3.84. The molecule has 0 amide bonds. The normalized spacial score (nSPS) is 21.9. The van der Waals surface area contributed by atoms with Crippen LogP contribution in [0, 0.1) is 0 Å². The van der Waals surface area contributed by atoms with Gasteiger partial charge in [-0.2, -0.15) is 0 Å². The van der Waals surface area contributed by atoms with Gasteiger partial charge in [-0.1, -0.05) is 19.3 Å². The minimum Gasteiger partial charge on any atom is -0.616 e. The van der Waals surface area contributed by atoms with Gasteiger partial charge in [-0.25, -0.2) is 0 Å². The third kappa shape index (κ3) is 3.27. The van der Waals surface area contributed by atoms with Crippen LogP contribution < -0.4 is 5.73 Å². The molecule has 0 saturated heterocycles. The van der Waals surface area contributed by atoms with E-state index in [9.17, 15) is 4.55 Å². The molecular formula is C12H19NO2S. The lowest BCUT2D eigenvalue weighted by Gasteiger charge is -2.33. The summed E-state index contributed by atoms with van der Waals surface area (Å²) in [7, 11) is 0. The number of nitrogens with two attached hydrogens (primary N) is 1. The van der Waals surface area contributed by atoms with Crippen molar-refractivity contribution in [1.29, 1.82) is 0 Å². The average Bonchev–Trinajstić information content (AvgIpc) is 2.70. The van der Waals surface area contributed by atoms with Crippen LogP contribution in [-0.2, 0) is 16.9 Å². The van der Waals surface area contributed by atoms with Crippen molar-refractivity contribution in [3.63, 3.8) is 0 Å². The molecule has 4 heteroatoms. The van der Waals surface area contributed by atoms with Crippen molar-refractivity contribution in [3.8, 4) is 0 Å². The van der Waals surface area contributed by atoms with E-state index in [4.69, 9.17) is 10.2 Å². The predicted octanol–water partition coefficient (Wildman–Crippen LogP) is 2.19. The molecular weight excluding hydrogens is 222 g/mol. The molecule has 0 aliphatic heterocycles. The largest absolute Gasteiger partial charge is 0.616 e. The molecule has 1 saturated carbocycles. The summed E-state index contributed by atoms with van der Waals surface area (Å²) < 4.78 is 17.1. The maximum absolute atomic E-state index is 12.0. The Hall–Kier alpha value is -0.450. The minimum atomic E-state index is -0.905. The molecule has 0 spiro atoms. The van der Waals surface area contributed by atoms with Gasteiger partial charge in [0.05, 0.1) is 11.8 Å². The lowest BCUT2D eigenvalue weighted by molar-refractivity contribution is 0.323. The minimum absolute atomic E-state index is 0.199. The van der Waals surface area contributed by atoms with Crippen LogP contribution in [0.4, 0.5) is 0 Å². The van der Waals surface area contributed by atoms with E-state index in [0.29, 0.717) is 11.5 Å². The Morgan fingerprint density at radius 2 is 2.12 bits per heavy atom. The van der Waals surface area contributed by atoms with E-state index in [0.717, 1.165) is 18.6 Å². The first-order valence-electron chi connectivity index (χ1n) is 5.84. The smallest absolute Gasteiger partial charge is 0.162 e. The van der Waals surface area contributed by atoms with Gasteiger partial charge in [-0.05, 0) is 36.2 Å². The summed E-state index contributed by atoms with van der Waals surface area (Å²) in [4.78, 5) is 0. The molecule has 1 unspecified atom stereocenters. The van der Waals surface area contributed by atoms with Crippen molar-refractivity contribution >= 4 is 11.2 Å². The van der Waals surface area contributed by atoms with Gasteiger partial charge in [0.15, 0.2) is 11.5 Å². The van der Waals surface area contributed by atoms with E-state index in [-0.39, 0.29) is 5.54 Å². The van der Waals surface area contributed by atoms with E-state index in [1.165, 1.54) is 19.3 Å². The third-order valence-electron chi connectivity index (χ3n) is 3.18. The predicted molar refractivity (Wildman–Crippen MR) is 65.4 cm³/mol. The van der Waals surface area contributed by atoms with Crippen LogP contribution in [0.15, 0.2) is 22.8 Å². The topological polar surface area (TPSA) is 62.2 Å². The Morgan fingerprint density at radius 1 is 1.38 bits per heavy atom. The van der Waals surface area contributed by atoms with Crippen LogP contribution >= 0.6 is 0 Å². The van der Waals surface area contributed by atoms with Crippen LogP contribution in [0.1, 0.15) is 37.9 Å². The molecule has 90 valence electrons. The quantitative estimate of drug-likeness (QED) is 0.822. The maximum Gasteiger partial charge on any atom is 0.162 e. The van der Waals surface area contributed by atoms with E-state index in [2.05, 4.69) is 0 Å². The molecule has 1 fully saturated rings. The molecule has 0 radical (unpaired) electrons. The molecule has 16 heavy (non-hydrogen) atoms. The van der Waals surface area contributed by atoms with Crippen LogP contribution in [0.3, 0.4) is 0 Å². The van der Waals surface area contributed by atoms with Crippen LogP contribution in [-0.4, -0.2) is 15.8 Å². The van der Waals surface area contributed by atoms with Crippen LogP contribution in [0.25, 0.3) is 0 Å². The highest BCUT2D eigenvalue weighted by Crippen LogP contribution is 2.28. The highest BCUT2D eigenvalue weighted by Gasteiger charge is 2.32. The summed E-state index contributed by atoms with van der Waals surface area (Å²) in [6.07, 6.45) is 7.26. The Balaban J connectivity index is 1.84. The second-order valence-corrected chi connectivity index (χ2v) is 6.19. The first-order valence-corrected chi connectivity index (χ1v) is 7.33. The second kappa shape index (κ2) is 5.25. The molecule has 2 rings (SSSR count). The van der Waals surface area contributed by atoms with Gasteiger partial charge >= 0.3 is 0 Å². The number of hydrogen-bond acceptors (Lipinski definition) is 3. The summed E-state index contributed by atoms with van der Waals surface area (Å²) in [5.41, 5.74) is 6.07. The SMILES string of the molecule is NC1(C[S+]([O-])Cc2ccco2)CCCCC1. The van der Waals surface area contributed by atoms with Gasteiger partial charge in [-0.15, -0.1) is 0 Å². The Kier molecular flexibility index (Phi) is 3.95. The molecule has 0 bridgehead atoms. The van der Waals surface area contributed by atoms with Gasteiger partial charge in [0.2, 0.25) is 0 Å². The third-order valence-corrected chi connectivity index (χ3v) is 4.68. The van der Waals surface area contributed by atoms with E-state index < -0.39 is 11.2 Å². The van der Waals surface area contributed by atoms with E-state index in [1.54, 1.807) is 6.26 Å². The molecule has 3 nitrogen and oxygen atoms in total. The lowest BCUT2D eigenvalue weighted by atomic mass is 9.84. The highest BCUT2D eigenvalue weighted by molar-refractivity contribution is 7.90. The van der Waals surface area contributed by atoms with Crippen molar-refractivity contribution in [1.82, 2.24) is 0 Å². The molecule has 1 aliphatic rings. The van der Waals surface area contributed by atoms with Gasteiger partial charge in [-0.3, -0.25) is 0 Å². The van der Waals surface area contributed by atoms with Crippen LogP contribution in [0.5, 0.6) is 0 Å². The summed E-state index contributed by atoms with van der Waals surface area (Å²) >= 11 is -0.905. The Bertz CT molecular complexity index is 307. The summed E-state index contributed by atoms with van der Waals surface area (Å²) in [6.45, 7) is 0. The van der Waals surface area contributed by atoms with E-state index >= 15 is 0 Å². The van der Waals surface area contributed by atoms with Gasteiger partial charge in [0, 0.05) is 0 Å². The number of furan rings is 1. The second-order valence-electron chi connectivity index (χ2n) is 4.73. The van der Waals surface area contributed by atoms with Crippen molar-refractivity contribution < 1.29 is 8.97 Å². The number of rotatable bonds is 4. The van der Waals surface area contributed by atoms with Crippen molar-refractivity contribution in [3.05, 3.63) is 24.2 Å². The lowest BCUT2D eigenvalue weighted by Crippen LogP contribution is -2.47. The van der Waals surface area contributed by atoms with Gasteiger partial charge < -0.3 is 14.7 Å². The molecule has 1 aliphatic carbocycles. The summed E-state index contributed by atoms with van der Waals surface area (Å²) in [5.74, 6) is 1.89. The fraction of sp³-hybridized carbons (Fsp3) is 0.667. The van der Waals surface area contributed by atoms with Crippen molar-refractivity contribution in [2.24, 2.45) is 5.73 Å². The zero-order valence-corrected chi connectivity index (χ0v) is 10.3. The zero-order valence-electron chi connectivity index (χ0n) is 9.48.